The molecule has 1 aromatic rings. The van der Waals surface area contributed by atoms with Gasteiger partial charge in [0, 0.05) is 23.7 Å². The van der Waals surface area contributed by atoms with Crippen molar-refractivity contribution in [1.82, 2.24) is 9.97 Å². The van der Waals surface area contributed by atoms with Gasteiger partial charge >= 0.3 is 0 Å². The lowest BCUT2D eigenvalue weighted by molar-refractivity contribution is 1.03. The Hall–Kier alpha value is 0.450. The van der Waals surface area contributed by atoms with Crippen LogP contribution in [-0.2, 0) is 5.75 Å². The predicted molar refractivity (Wildman–Crippen MR) is 74.8 cm³/mol. The van der Waals surface area contributed by atoms with E-state index >= 15 is 0 Å². The second-order valence-electron chi connectivity index (χ2n) is 2.66. The minimum atomic E-state index is 0. The highest BCUT2D eigenvalue weighted by atomic mass is 35.5. The first kappa shape index (κ1) is 17.8. The maximum atomic E-state index is 5.41. The van der Waals surface area contributed by atoms with Gasteiger partial charge in [0.05, 0.1) is 5.69 Å². The van der Waals surface area contributed by atoms with Crippen molar-refractivity contribution in [1.29, 1.82) is 0 Å². The lowest BCUT2D eigenvalue weighted by Crippen LogP contribution is -2.01. The highest BCUT2D eigenvalue weighted by molar-refractivity contribution is 7.98. The highest BCUT2D eigenvalue weighted by Crippen LogP contribution is 2.17. The molecule has 0 unspecified atom stereocenters. The number of H-pyrrole nitrogens is 1. The smallest absolute Gasteiger partial charge is 0.165 e. The van der Waals surface area contributed by atoms with Crippen molar-refractivity contribution in [3.8, 4) is 0 Å². The largest absolute Gasteiger partial charge is 0.337 e. The van der Waals surface area contributed by atoms with Crippen LogP contribution in [0.25, 0.3) is 0 Å². The van der Waals surface area contributed by atoms with E-state index in [-0.39, 0.29) is 24.8 Å². The molecule has 90 valence electrons. The molecule has 15 heavy (non-hydrogen) atoms. The summed E-state index contributed by atoms with van der Waals surface area (Å²) in [5.41, 5.74) is 7.74. The highest BCUT2D eigenvalue weighted by Gasteiger charge is 2.04. The van der Waals surface area contributed by atoms with E-state index in [0.717, 1.165) is 28.9 Å². The molecular formula is C8H17Cl2N3S2. The molecule has 1 heterocycles. The molecule has 0 radical (unpaired) electrons. The van der Waals surface area contributed by atoms with Crippen molar-refractivity contribution < 1.29 is 0 Å². The second-order valence-corrected chi connectivity index (χ2v) is 4.56. The van der Waals surface area contributed by atoms with Crippen LogP contribution in [-0.4, -0.2) is 28.5 Å². The van der Waals surface area contributed by atoms with Crippen molar-refractivity contribution in [2.75, 3.05) is 18.6 Å². The van der Waals surface area contributed by atoms with Crippen LogP contribution in [0.15, 0.2) is 5.16 Å². The molecule has 3 N–H and O–H groups in total. The third-order valence-electron chi connectivity index (χ3n) is 1.66. The first-order valence-corrected chi connectivity index (χ1v) is 6.53. The summed E-state index contributed by atoms with van der Waals surface area (Å²) >= 11 is 3.47. The monoisotopic (exact) mass is 289 g/mol. The molecule has 0 aliphatic rings. The number of aromatic amines is 1. The lowest BCUT2D eigenvalue weighted by Gasteiger charge is -1.96. The Labute approximate surface area is 112 Å². The fourth-order valence-electron chi connectivity index (χ4n) is 0.956. The van der Waals surface area contributed by atoms with Crippen LogP contribution in [0.2, 0.25) is 0 Å². The Morgan fingerprint density at radius 1 is 1.40 bits per heavy atom. The molecule has 0 aliphatic heterocycles. The van der Waals surface area contributed by atoms with Crippen molar-refractivity contribution in [3.63, 3.8) is 0 Å². The van der Waals surface area contributed by atoms with E-state index in [9.17, 15) is 0 Å². The summed E-state index contributed by atoms with van der Waals surface area (Å²) in [6.07, 6.45) is 2.02. The minimum Gasteiger partial charge on any atom is -0.337 e. The first-order chi connectivity index (χ1) is 6.27. The summed E-state index contributed by atoms with van der Waals surface area (Å²) in [4.78, 5) is 7.67. The number of nitrogens with two attached hydrogens (primary N) is 1. The van der Waals surface area contributed by atoms with Gasteiger partial charge in [0.1, 0.15) is 0 Å². The zero-order valence-corrected chi connectivity index (χ0v) is 12.0. The van der Waals surface area contributed by atoms with Gasteiger partial charge in [-0.15, -0.1) is 24.8 Å². The van der Waals surface area contributed by atoms with Crippen LogP contribution in [0.5, 0.6) is 0 Å². The number of hydrogen-bond donors (Lipinski definition) is 2. The number of thioether (sulfide) groups is 2. The quantitative estimate of drug-likeness (QED) is 0.646. The van der Waals surface area contributed by atoms with E-state index in [4.69, 9.17) is 5.73 Å². The molecule has 0 saturated carbocycles. The number of nitrogens with zero attached hydrogens (tertiary/aromatic N) is 1. The zero-order chi connectivity index (χ0) is 9.68. The number of aromatic nitrogens is 2. The number of aryl methyl sites for hydroxylation is 1. The Morgan fingerprint density at radius 2 is 2.07 bits per heavy atom. The molecule has 1 rings (SSSR count). The van der Waals surface area contributed by atoms with Crippen molar-refractivity contribution in [3.05, 3.63) is 11.4 Å². The van der Waals surface area contributed by atoms with Crippen LogP contribution in [0.4, 0.5) is 0 Å². The van der Waals surface area contributed by atoms with E-state index < -0.39 is 0 Å². The van der Waals surface area contributed by atoms with Gasteiger partial charge in [-0.25, -0.2) is 4.98 Å². The zero-order valence-electron chi connectivity index (χ0n) is 8.78. The number of rotatable bonds is 5. The number of hydrogen-bond acceptors (Lipinski definition) is 4. The molecule has 0 fully saturated rings. The lowest BCUT2D eigenvalue weighted by atomic mass is 10.4. The van der Waals surface area contributed by atoms with Crippen molar-refractivity contribution >= 4 is 48.3 Å². The molecule has 0 bridgehead atoms. The van der Waals surface area contributed by atoms with E-state index in [1.807, 2.05) is 18.0 Å². The van der Waals surface area contributed by atoms with E-state index in [1.54, 1.807) is 11.8 Å². The van der Waals surface area contributed by atoms with E-state index in [2.05, 4.69) is 16.9 Å². The standard InChI is InChI=1S/C8H15N3S2.2ClH/c1-6-7(5-13-4-3-9)11-8(10-6)12-2;;/h3-5,9H2,1-2H3,(H,10,11);2*1H. The third kappa shape index (κ3) is 5.92. The van der Waals surface area contributed by atoms with Crippen LogP contribution in [0.1, 0.15) is 11.4 Å². The molecular weight excluding hydrogens is 273 g/mol. The molecule has 0 amide bonds. The third-order valence-corrected chi connectivity index (χ3v) is 3.24. The molecule has 0 aliphatic carbocycles. The molecule has 0 spiro atoms. The SMILES string of the molecule is CSc1nc(CSCCN)c(C)[nH]1.Cl.Cl. The summed E-state index contributed by atoms with van der Waals surface area (Å²) in [6, 6.07) is 0. The van der Waals surface area contributed by atoms with Gasteiger partial charge in [-0.1, -0.05) is 11.8 Å². The molecule has 0 saturated heterocycles. The van der Waals surface area contributed by atoms with Gasteiger partial charge in [0.2, 0.25) is 0 Å². The maximum absolute atomic E-state index is 5.41. The molecule has 1 aromatic heterocycles. The molecule has 7 heteroatoms. The van der Waals surface area contributed by atoms with Gasteiger partial charge in [-0.05, 0) is 13.2 Å². The Balaban J connectivity index is 0. The Bertz CT molecular complexity index is 268. The number of nitrogens with one attached hydrogen (secondary N) is 1. The normalized spacial score (nSPS) is 9.27. The van der Waals surface area contributed by atoms with Crippen molar-refractivity contribution in [2.45, 2.75) is 17.8 Å². The average Bonchev–Trinajstić information content (AvgIpc) is 2.48. The van der Waals surface area contributed by atoms with Gasteiger partial charge < -0.3 is 10.7 Å². The summed E-state index contributed by atoms with van der Waals surface area (Å²) in [7, 11) is 0. The summed E-state index contributed by atoms with van der Waals surface area (Å²) in [6.45, 7) is 2.80. The van der Waals surface area contributed by atoms with Crippen LogP contribution in [0, 0.1) is 6.92 Å². The number of imidazole rings is 1. The molecule has 0 atom stereocenters. The molecule has 3 nitrogen and oxygen atoms in total. The minimum absolute atomic E-state index is 0. The summed E-state index contributed by atoms with van der Waals surface area (Å²) in [5.74, 6) is 1.96. The van der Waals surface area contributed by atoms with Gasteiger partial charge in [0.25, 0.3) is 0 Å². The van der Waals surface area contributed by atoms with Crippen LogP contribution in [0.3, 0.4) is 0 Å². The molecule has 0 aromatic carbocycles. The van der Waals surface area contributed by atoms with Gasteiger partial charge in [-0.2, -0.15) is 11.8 Å². The first-order valence-electron chi connectivity index (χ1n) is 4.15. The average molecular weight is 290 g/mol. The van der Waals surface area contributed by atoms with Crippen LogP contribution >= 0.6 is 48.3 Å². The van der Waals surface area contributed by atoms with Gasteiger partial charge in [-0.3, -0.25) is 0 Å². The van der Waals surface area contributed by atoms with Crippen molar-refractivity contribution in [2.24, 2.45) is 5.73 Å². The maximum Gasteiger partial charge on any atom is 0.165 e. The topological polar surface area (TPSA) is 54.7 Å². The van der Waals surface area contributed by atoms with Gasteiger partial charge in [0.15, 0.2) is 5.16 Å². The predicted octanol–water partition coefficient (Wildman–Crippen LogP) is 2.48. The summed E-state index contributed by atoms with van der Waals surface area (Å²) < 4.78 is 0. The Morgan fingerprint density at radius 3 is 2.53 bits per heavy atom. The van der Waals surface area contributed by atoms with E-state index in [1.165, 1.54) is 5.69 Å². The Kier molecular flexibility index (Phi) is 11.5. The summed E-state index contributed by atoms with van der Waals surface area (Å²) in [5, 5.41) is 1.00. The van der Waals surface area contributed by atoms with Crippen LogP contribution < -0.4 is 5.73 Å². The second kappa shape index (κ2) is 9.66. The fraction of sp³-hybridized carbons (Fsp3) is 0.625. The van der Waals surface area contributed by atoms with E-state index in [0.29, 0.717) is 0 Å². The fourth-order valence-corrected chi connectivity index (χ4v) is 2.20. The number of halogens is 2.